The number of anilines is 1. The van der Waals surface area contributed by atoms with Gasteiger partial charge in [0.1, 0.15) is 18.0 Å². The van der Waals surface area contributed by atoms with Crippen LogP contribution in [-0.2, 0) is 11.3 Å². The minimum atomic E-state index is 0.298. The first kappa shape index (κ1) is 13.7. The number of aryl methyl sites for hydroxylation is 1. The topological polar surface area (TPSA) is 47.0 Å². The van der Waals surface area contributed by atoms with E-state index in [0.717, 1.165) is 11.3 Å². The highest BCUT2D eigenvalue weighted by Crippen LogP contribution is 2.36. The molecule has 2 heterocycles. The first-order valence-corrected chi connectivity index (χ1v) is 6.87. The average Bonchev–Trinajstić information content (AvgIpc) is 2.99. The van der Waals surface area contributed by atoms with Crippen molar-refractivity contribution in [2.24, 2.45) is 5.10 Å². The second kappa shape index (κ2) is 6.01. The van der Waals surface area contributed by atoms with E-state index < -0.39 is 0 Å². The van der Waals surface area contributed by atoms with E-state index in [9.17, 15) is 0 Å². The van der Waals surface area contributed by atoms with Crippen molar-refractivity contribution >= 4 is 23.7 Å². The third kappa shape index (κ3) is 3.08. The van der Waals surface area contributed by atoms with Crippen LogP contribution in [0, 0.1) is 6.92 Å². The minimum Gasteiger partial charge on any atom is -0.486 e. The molecule has 1 aromatic heterocycles. The quantitative estimate of drug-likeness (QED) is 0.813. The lowest BCUT2D eigenvalue weighted by Gasteiger charge is -2.18. The molecule has 0 radical (unpaired) electrons. The molecule has 3 rings (SSSR count). The summed E-state index contributed by atoms with van der Waals surface area (Å²) in [5.41, 5.74) is 2.48. The van der Waals surface area contributed by atoms with Crippen molar-refractivity contribution in [1.82, 2.24) is 4.98 Å². The smallest absolute Gasteiger partial charge is 0.195 e. The van der Waals surface area contributed by atoms with Crippen LogP contribution in [0.3, 0.4) is 0 Å². The van der Waals surface area contributed by atoms with Gasteiger partial charge in [0.15, 0.2) is 18.3 Å². The van der Waals surface area contributed by atoms with Crippen molar-refractivity contribution in [2.75, 3.05) is 11.7 Å². The predicted molar refractivity (Wildman–Crippen MR) is 81.7 cm³/mol. The monoisotopic (exact) mass is 303 g/mol. The van der Waals surface area contributed by atoms with E-state index in [4.69, 9.17) is 21.1 Å². The van der Waals surface area contributed by atoms with Gasteiger partial charge in [-0.2, -0.15) is 0 Å². The molecule has 0 N–H and O–H groups in total. The fourth-order valence-corrected chi connectivity index (χ4v) is 2.35. The van der Waals surface area contributed by atoms with Crippen LogP contribution in [0.15, 0.2) is 41.5 Å². The number of aromatic nitrogens is 1. The number of ether oxygens (including phenoxy) is 2. The van der Waals surface area contributed by atoms with E-state index in [0.29, 0.717) is 29.9 Å². The molecule has 0 spiro atoms. The number of hydrazone groups is 1. The zero-order chi connectivity index (χ0) is 14.7. The molecule has 1 aliphatic heterocycles. The van der Waals surface area contributed by atoms with Crippen LogP contribution in [0.2, 0.25) is 5.15 Å². The van der Waals surface area contributed by atoms with Crippen molar-refractivity contribution in [3.8, 4) is 5.75 Å². The van der Waals surface area contributed by atoms with Gasteiger partial charge in [0, 0.05) is 11.8 Å². The Morgan fingerprint density at radius 3 is 2.86 bits per heavy atom. The van der Waals surface area contributed by atoms with Crippen molar-refractivity contribution in [3.05, 3.63) is 52.8 Å². The highest BCUT2D eigenvalue weighted by Gasteiger charge is 2.20. The van der Waals surface area contributed by atoms with E-state index in [1.54, 1.807) is 5.01 Å². The Hall–Kier alpha value is -2.27. The Balaban J connectivity index is 1.87. The summed E-state index contributed by atoms with van der Waals surface area (Å²) in [5.74, 6) is 0.638. The summed E-state index contributed by atoms with van der Waals surface area (Å²) >= 11 is 6.23. The largest absolute Gasteiger partial charge is 0.486 e. The molecular formula is C15H14ClN3O2. The molecule has 0 aliphatic carbocycles. The maximum atomic E-state index is 6.23. The first-order valence-electron chi connectivity index (χ1n) is 6.49. The SMILES string of the molecule is Cc1cc(OCc2ccccc2)c(N2COC=N2)c(Cl)n1. The zero-order valence-corrected chi connectivity index (χ0v) is 12.2. The molecule has 21 heavy (non-hydrogen) atoms. The number of nitrogens with zero attached hydrogens (tertiary/aromatic N) is 3. The molecule has 5 nitrogen and oxygen atoms in total. The van der Waals surface area contributed by atoms with Gasteiger partial charge in [-0.15, -0.1) is 5.10 Å². The number of halogens is 1. The number of rotatable bonds is 4. The lowest BCUT2D eigenvalue weighted by Crippen LogP contribution is -2.15. The number of benzene rings is 1. The van der Waals surface area contributed by atoms with Crippen LogP contribution in [-0.4, -0.2) is 18.1 Å². The molecule has 0 atom stereocenters. The van der Waals surface area contributed by atoms with Gasteiger partial charge < -0.3 is 9.47 Å². The van der Waals surface area contributed by atoms with E-state index in [1.807, 2.05) is 43.3 Å². The summed E-state index contributed by atoms with van der Waals surface area (Å²) in [5, 5.41) is 6.06. The van der Waals surface area contributed by atoms with Gasteiger partial charge in [-0.3, -0.25) is 0 Å². The summed E-state index contributed by atoms with van der Waals surface area (Å²) in [4.78, 5) is 4.25. The first-order chi connectivity index (χ1) is 10.2. The molecule has 0 fully saturated rings. The second-order valence-corrected chi connectivity index (χ2v) is 4.95. The van der Waals surface area contributed by atoms with E-state index in [1.165, 1.54) is 6.40 Å². The highest BCUT2D eigenvalue weighted by molar-refractivity contribution is 6.32. The predicted octanol–water partition coefficient (Wildman–Crippen LogP) is 3.36. The molecular weight excluding hydrogens is 290 g/mol. The summed E-state index contributed by atoms with van der Waals surface area (Å²) in [7, 11) is 0. The standard InChI is InChI=1S/C15H14ClN3O2/c1-11-7-13(21-8-12-5-3-2-4-6-12)14(15(16)18-11)19-10-20-9-17-19/h2-7,9H,8,10H2,1H3. The van der Waals surface area contributed by atoms with Gasteiger partial charge in [0.05, 0.1) is 0 Å². The van der Waals surface area contributed by atoms with Crippen molar-refractivity contribution in [1.29, 1.82) is 0 Å². The van der Waals surface area contributed by atoms with Crippen LogP contribution in [0.1, 0.15) is 11.3 Å². The number of hydrogen-bond acceptors (Lipinski definition) is 5. The Labute approximate surface area is 127 Å². The molecule has 1 aromatic carbocycles. The van der Waals surface area contributed by atoms with Gasteiger partial charge in [0.25, 0.3) is 0 Å². The Kier molecular flexibility index (Phi) is 3.92. The lowest BCUT2D eigenvalue weighted by molar-refractivity contribution is 0.302. The molecule has 2 aromatic rings. The summed E-state index contributed by atoms with van der Waals surface area (Å²) in [6, 6.07) is 11.8. The van der Waals surface area contributed by atoms with Gasteiger partial charge in [-0.1, -0.05) is 41.9 Å². The van der Waals surface area contributed by atoms with Crippen molar-refractivity contribution in [2.45, 2.75) is 13.5 Å². The Bertz CT molecular complexity index is 661. The molecule has 0 amide bonds. The van der Waals surface area contributed by atoms with Crippen LogP contribution in [0.25, 0.3) is 0 Å². The van der Waals surface area contributed by atoms with Crippen molar-refractivity contribution < 1.29 is 9.47 Å². The van der Waals surface area contributed by atoms with Gasteiger partial charge >= 0.3 is 0 Å². The average molecular weight is 304 g/mol. The normalized spacial score (nSPS) is 13.3. The maximum absolute atomic E-state index is 6.23. The maximum Gasteiger partial charge on any atom is 0.195 e. The van der Waals surface area contributed by atoms with Crippen molar-refractivity contribution in [3.63, 3.8) is 0 Å². The fraction of sp³-hybridized carbons (Fsp3) is 0.200. The zero-order valence-electron chi connectivity index (χ0n) is 11.5. The van der Waals surface area contributed by atoms with Crippen LogP contribution >= 0.6 is 11.6 Å². The number of pyridine rings is 1. The van der Waals surface area contributed by atoms with E-state index in [-0.39, 0.29) is 0 Å². The second-order valence-electron chi connectivity index (χ2n) is 4.59. The van der Waals surface area contributed by atoms with Gasteiger partial charge in [-0.05, 0) is 12.5 Å². The molecule has 0 unspecified atom stereocenters. The van der Waals surface area contributed by atoms with E-state index in [2.05, 4.69) is 10.1 Å². The van der Waals surface area contributed by atoms with Crippen LogP contribution in [0.5, 0.6) is 5.75 Å². The van der Waals surface area contributed by atoms with Gasteiger partial charge in [-0.25, -0.2) is 9.99 Å². The molecule has 1 aliphatic rings. The summed E-state index contributed by atoms with van der Waals surface area (Å²) in [6.45, 7) is 2.62. The fourth-order valence-electron chi connectivity index (χ4n) is 2.03. The van der Waals surface area contributed by atoms with Crippen LogP contribution < -0.4 is 9.75 Å². The molecule has 108 valence electrons. The highest BCUT2D eigenvalue weighted by atomic mass is 35.5. The summed E-state index contributed by atoms with van der Waals surface area (Å²) < 4.78 is 11.0. The molecule has 0 saturated carbocycles. The summed E-state index contributed by atoms with van der Waals surface area (Å²) in [6.07, 6.45) is 1.37. The van der Waals surface area contributed by atoms with Gasteiger partial charge in [0.2, 0.25) is 0 Å². The van der Waals surface area contributed by atoms with Crippen LogP contribution in [0.4, 0.5) is 5.69 Å². The third-order valence-electron chi connectivity index (χ3n) is 3.00. The van der Waals surface area contributed by atoms with E-state index >= 15 is 0 Å². The Morgan fingerprint density at radius 2 is 2.14 bits per heavy atom. The molecule has 6 heteroatoms. The molecule has 0 saturated heterocycles. The minimum absolute atomic E-state index is 0.298. The Morgan fingerprint density at radius 1 is 1.33 bits per heavy atom. The third-order valence-corrected chi connectivity index (χ3v) is 3.26. The lowest BCUT2D eigenvalue weighted by atomic mass is 10.2. The molecule has 0 bridgehead atoms. The number of hydrogen-bond donors (Lipinski definition) is 0.